The third-order valence-corrected chi connectivity index (χ3v) is 3.71. The van der Waals surface area contributed by atoms with Crippen molar-refractivity contribution in [1.29, 1.82) is 0 Å². The third-order valence-electron chi connectivity index (χ3n) is 3.71. The Balaban J connectivity index is 1.78. The van der Waals surface area contributed by atoms with Gasteiger partial charge in [0.05, 0.1) is 4.92 Å². The summed E-state index contributed by atoms with van der Waals surface area (Å²) in [7, 11) is 2.16. The molecule has 1 N–H and O–H groups in total. The minimum absolute atomic E-state index is 0.155. The van der Waals surface area contributed by atoms with Crippen LogP contribution in [0.25, 0.3) is 0 Å². The molecule has 1 unspecified atom stereocenters. The van der Waals surface area contributed by atoms with Gasteiger partial charge in [-0.15, -0.1) is 0 Å². The Labute approximate surface area is 113 Å². The van der Waals surface area contributed by atoms with Gasteiger partial charge in [0, 0.05) is 37.3 Å². The molecule has 5 nitrogen and oxygen atoms in total. The fourth-order valence-corrected chi connectivity index (χ4v) is 2.19. The zero-order chi connectivity index (χ0) is 13.8. The van der Waals surface area contributed by atoms with Crippen molar-refractivity contribution < 1.29 is 4.92 Å². The summed E-state index contributed by atoms with van der Waals surface area (Å²) >= 11 is 0. The van der Waals surface area contributed by atoms with Crippen LogP contribution in [0.2, 0.25) is 0 Å². The van der Waals surface area contributed by atoms with E-state index >= 15 is 0 Å². The van der Waals surface area contributed by atoms with Crippen LogP contribution in [0.1, 0.15) is 25.3 Å². The van der Waals surface area contributed by atoms with Gasteiger partial charge in [0.25, 0.3) is 5.69 Å². The van der Waals surface area contributed by atoms with E-state index in [2.05, 4.69) is 24.2 Å². The molecule has 0 aromatic heterocycles. The van der Waals surface area contributed by atoms with Crippen molar-refractivity contribution in [3.05, 3.63) is 39.9 Å². The van der Waals surface area contributed by atoms with E-state index in [0.717, 1.165) is 18.2 Å². The van der Waals surface area contributed by atoms with E-state index in [4.69, 9.17) is 0 Å². The van der Waals surface area contributed by atoms with E-state index in [1.165, 1.54) is 18.9 Å². The van der Waals surface area contributed by atoms with Crippen LogP contribution < -0.4 is 5.32 Å². The highest BCUT2D eigenvalue weighted by Gasteiger charge is 2.28. The van der Waals surface area contributed by atoms with Crippen LogP contribution >= 0.6 is 0 Å². The lowest BCUT2D eigenvalue weighted by Crippen LogP contribution is -2.38. The topological polar surface area (TPSA) is 58.4 Å². The molecule has 0 heterocycles. The summed E-state index contributed by atoms with van der Waals surface area (Å²) in [6, 6.07) is 8.04. The highest BCUT2D eigenvalue weighted by molar-refractivity contribution is 5.34. The maximum Gasteiger partial charge on any atom is 0.269 e. The monoisotopic (exact) mass is 263 g/mol. The highest BCUT2D eigenvalue weighted by atomic mass is 16.6. The first-order chi connectivity index (χ1) is 9.08. The molecule has 0 saturated heterocycles. The minimum Gasteiger partial charge on any atom is -0.311 e. The van der Waals surface area contributed by atoms with Gasteiger partial charge in [0.15, 0.2) is 0 Å². The number of nitro groups is 1. The zero-order valence-corrected chi connectivity index (χ0v) is 11.5. The molecule has 104 valence electrons. The van der Waals surface area contributed by atoms with Crippen molar-refractivity contribution in [2.75, 3.05) is 13.6 Å². The van der Waals surface area contributed by atoms with Crippen molar-refractivity contribution in [2.45, 2.75) is 38.4 Å². The molecule has 1 aromatic carbocycles. The lowest BCUT2D eigenvalue weighted by molar-refractivity contribution is -0.384. The Hall–Kier alpha value is -1.46. The quantitative estimate of drug-likeness (QED) is 0.605. The van der Waals surface area contributed by atoms with E-state index < -0.39 is 0 Å². The molecule has 0 spiro atoms. The maximum atomic E-state index is 10.7. The average molecular weight is 263 g/mol. The summed E-state index contributed by atoms with van der Waals surface area (Å²) in [5.41, 5.74) is 1.11. The van der Waals surface area contributed by atoms with Gasteiger partial charge >= 0.3 is 0 Å². The summed E-state index contributed by atoms with van der Waals surface area (Å²) < 4.78 is 0. The highest BCUT2D eigenvalue weighted by Crippen LogP contribution is 2.26. The Kier molecular flexibility index (Phi) is 4.50. The number of hydrogen-bond acceptors (Lipinski definition) is 4. The lowest BCUT2D eigenvalue weighted by atomic mass is 10.2. The third kappa shape index (κ3) is 4.01. The molecule has 2 rings (SSSR count). The minimum atomic E-state index is -0.354. The molecule has 0 radical (unpaired) electrons. The fourth-order valence-electron chi connectivity index (χ4n) is 2.19. The summed E-state index contributed by atoms with van der Waals surface area (Å²) in [4.78, 5) is 12.7. The Bertz CT molecular complexity index is 446. The van der Waals surface area contributed by atoms with Crippen LogP contribution in [0, 0.1) is 10.1 Å². The molecule has 1 atom stereocenters. The molecule has 1 fully saturated rings. The largest absolute Gasteiger partial charge is 0.311 e. The van der Waals surface area contributed by atoms with E-state index in [1.54, 1.807) is 12.1 Å². The number of rotatable bonds is 7. The molecule has 1 aromatic rings. The van der Waals surface area contributed by atoms with Gasteiger partial charge in [-0.25, -0.2) is 0 Å². The van der Waals surface area contributed by atoms with Crippen molar-refractivity contribution in [1.82, 2.24) is 10.2 Å². The van der Waals surface area contributed by atoms with Crippen LogP contribution in [0.3, 0.4) is 0 Å². The van der Waals surface area contributed by atoms with Crippen molar-refractivity contribution in [2.24, 2.45) is 0 Å². The molecule has 0 amide bonds. The van der Waals surface area contributed by atoms with Crippen LogP contribution in [0.4, 0.5) is 5.69 Å². The molecular weight excluding hydrogens is 242 g/mol. The number of nitrogens with one attached hydrogen (secondary N) is 1. The number of nitrogens with zero attached hydrogens (tertiary/aromatic N) is 2. The second kappa shape index (κ2) is 6.12. The van der Waals surface area contributed by atoms with Crippen molar-refractivity contribution in [3.8, 4) is 0 Å². The summed E-state index contributed by atoms with van der Waals surface area (Å²) in [5.74, 6) is 0. The van der Waals surface area contributed by atoms with Gasteiger partial charge in [0.2, 0.25) is 0 Å². The molecular formula is C14H21N3O2. The van der Waals surface area contributed by atoms with Gasteiger partial charge in [-0.3, -0.25) is 15.0 Å². The normalized spacial score (nSPS) is 16.6. The van der Waals surface area contributed by atoms with E-state index in [1.807, 2.05) is 6.07 Å². The second-order valence-electron chi connectivity index (χ2n) is 5.30. The Morgan fingerprint density at radius 2 is 2.26 bits per heavy atom. The molecule has 1 saturated carbocycles. The summed E-state index contributed by atoms with van der Waals surface area (Å²) in [5, 5.41) is 14.1. The number of non-ortho nitro benzene ring substituents is 1. The first kappa shape index (κ1) is 14.0. The average Bonchev–Trinajstić information content (AvgIpc) is 3.22. The Morgan fingerprint density at radius 1 is 1.53 bits per heavy atom. The predicted octanol–water partition coefficient (Wildman–Crippen LogP) is 2.17. The molecule has 0 aliphatic heterocycles. The lowest BCUT2D eigenvalue weighted by Gasteiger charge is -2.24. The van der Waals surface area contributed by atoms with Gasteiger partial charge in [-0.1, -0.05) is 12.1 Å². The van der Waals surface area contributed by atoms with Crippen molar-refractivity contribution in [3.63, 3.8) is 0 Å². The number of nitro benzene ring substituents is 1. The van der Waals surface area contributed by atoms with Gasteiger partial charge in [0.1, 0.15) is 0 Å². The standard InChI is InChI=1S/C14H21N3O2/c1-11(16(2)13-6-7-13)9-15-10-12-4-3-5-14(8-12)17(18)19/h3-5,8,11,13,15H,6-7,9-10H2,1-2H3. The number of hydrogen-bond donors (Lipinski definition) is 1. The van der Waals surface area contributed by atoms with Crippen molar-refractivity contribution >= 4 is 5.69 Å². The first-order valence-corrected chi connectivity index (χ1v) is 6.74. The van der Waals surface area contributed by atoms with E-state index in [-0.39, 0.29) is 10.6 Å². The fraction of sp³-hybridized carbons (Fsp3) is 0.571. The predicted molar refractivity (Wildman–Crippen MR) is 75.1 cm³/mol. The molecule has 1 aliphatic carbocycles. The van der Waals surface area contributed by atoms with Crippen LogP contribution in [0.5, 0.6) is 0 Å². The molecule has 0 bridgehead atoms. The smallest absolute Gasteiger partial charge is 0.269 e. The zero-order valence-electron chi connectivity index (χ0n) is 11.5. The maximum absolute atomic E-state index is 10.7. The van der Waals surface area contributed by atoms with Crippen LogP contribution in [-0.2, 0) is 6.54 Å². The van der Waals surface area contributed by atoms with E-state index in [0.29, 0.717) is 12.6 Å². The molecule has 1 aliphatic rings. The number of likely N-dealkylation sites (N-methyl/N-ethyl adjacent to an activating group) is 1. The Morgan fingerprint density at radius 3 is 2.89 bits per heavy atom. The number of benzene rings is 1. The van der Waals surface area contributed by atoms with Gasteiger partial charge < -0.3 is 5.32 Å². The summed E-state index contributed by atoms with van der Waals surface area (Å²) in [6.07, 6.45) is 2.62. The van der Waals surface area contributed by atoms with E-state index in [9.17, 15) is 10.1 Å². The summed E-state index contributed by atoms with van der Waals surface area (Å²) in [6.45, 7) is 3.78. The van der Waals surface area contributed by atoms with Gasteiger partial charge in [-0.05, 0) is 32.4 Å². The molecule has 19 heavy (non-hydrogen) atoms. The molecule has 5 heteroatoms. The van der Waals surface area contributed by atoms with Crippen LogP contribution in [0.15, 0.2) is 24.3 Å². The SMILES string of the molecule is CC(CNCc1cccc([N+](=O)[O-])c1)N(C)C1CC1. The first-order valence-electron chi connectivity index (χ1n) is 6.74. The second-order valence-corrected chi connectivity index (χ2v) is 5.30. The van der Waals surface area contributed by atoms with Gasteiger partial charge in [-0.2, -0.15) is 0 Å². The van der Waals surface area contributed by atoms with Crippen LogP contribution in [-0.4, -0.2) is 35.5 Å².